The largest absolute Gasteiger partial charge is 0.482 e. The smallest absolute Gasteiger partial charge is 0.343 e. The molecule has 0 atom stereocenters. The number of rotatable bonds is 6. The van der Waals surface area contributed by atoms with Gasteiger partial charge in [0.2, 0.25) is 0 Å². The molecule has 0 aliphatic heterocycles. The number of anilines is 1. The topological polar surface area (TPSA) is 81.7 Å². The van der Waals surface area contributed by atoms with E-state index < -0.39 is 16.0 Å². The maximum absolute atomic E-state index is 12.5. The van der Waals surface area contributed by atoms with E-state index in [9.17, 15) is 13.2 Å². The first kappa shape index (κ1) is 19.4. The average molecular weight is 404 g/mol. The Morgan fingerprint density at radius 1 is 1.12 bits per heavy atom. The van der Waals surface area contributed by atoms with Gasteiger partial charge >= 0.3 is 5.97 Å². The molecule has 0 bridgehead atoms. The summed E-state index contributed by atoms with van der Waals surface area (Å²) in [5.74, 6) is -0.142. The fraction of sp³-hybridized carbons (Fsp3) is 0.188. The molecule has 25 heavy (non-hydrogen) atoms. The number of halogens is 2. The first-order valence-electron chi connectivity index (χ1n) is 7.01. The summed E-state index contributed by atoms with van der Waals surface area (Å²) < 4.78 is 37.1. The zero-order chi connectivity index (χ0) is 18.6. The predicted octanol–water partition coefficient (Wildman–Crippen LogP) is 3.65. The van der Waals surface area contributed by atoms with E-state index in [-0.39, 0.29) is 22.2 Å². The van der Waals surface area contributed by atoms with Gasteiger partial charge in [-0.25, -0.2) is 13.2 Å². The number of esters is 1. The second-order valence-corrected chi connectivity index (χ2v) is 7.52. The van der Waals surface area contributed by atoms with Crippen LogP contribution < -0.4 is 9.46 Å². The van der Waals surface area contributed by atoms with Gasteiger partial charge in [0, 0.05) is 0 Å². The summed E-state index contributed by atoms with van der Waals surface area (Å²) in [5.41, 5.74) is 0.846. The number of hydrogen-bond acceptors (Lipinski definition) is 5. The van der Waals surface area contributed by atoms with Crippen LogP contribution in [0.1, 0.15) is 5.56 Å². The van der Waals surface area contributed by atoms with Gasteiger partial charge < -0.3 is 9.47 Å². The van der Waals surface area contributed by atoms with Gasteiger partial charge in [0.15, 0.2) is 6.61 Å². The van der Waals surface area contributed by atoms with Crippen LogP contribution in [0.15, 0.2) is 41.3 Å². The third-order valence-electron chi connectivity index (χ3n) is 3.20. The SMILES string of the molecule is COC(=O)COc1ccc(S(=O)(=O)Nc2ccc(Cl)c(Cl)c2)cc1C. The Morgan fingerprint density at radius 3 is 2.44 bits per heavy atom. The minimum absolute atomic E-state index is 0.0430. The molecular weight excluding hydrogens is 389 g/mol. The monoisotopic (exact) mass is 403 g/mol. The van der Waals surface area contributed by atoms with Crippen molar-refractivity contribution >= 4 is 44.9 Å². The summed E-state index contributed by atoms with van der Waals surface area (Å²) >= 11 is 11.7. The fourth-order valence-corrected chi connectivity index (χ4v) is 3.35. The number of benzene rings is 2. The number of ether oxygens (including phenoxy) is 2. The lowest BCUT2D eigenvalue weighted by Gasteiger charge is -2.12. The molecule has 2 aromatic carbocycles. The molecule has 0 spiro atoms. The molecule has 0 amide bonds. The molecule has 0 saturated carbocycles. The van der Waals surface area contributed by atoms with Crippen molar-refractivity contribution in [3.8, 4) is 5.75 Å². The lowest BCUT2D eigenvalue weighted by molar-refractivity contribution is -0.142. The molecule has 0 saturated heterocycles. The molecule has 0 aromatic heterocycles. The van der Waals surface area contributed by atoms with Crippen LogP contribution in [0.25, 0.3) is 0 Å². The van der Waals surface area contributed by atoms with Crippen molar-refractivity contribution in [3.05, 3.63) is 52.0 Å². The molecule has 134 valence electrons. The summed E-state index contributed by atoms with van der Waals surface area (Å²) in [6, 6.07) is 8.71. The highest BCUT2D eigenvalue weighted by Crippen LogP contribution is 2.27. The van der Waals surface area contributed by atoms with Gasteiger partial charge in [-0.15, -0.1) is 0 Å². The fourth-order valence-electron chi connectivity index (χ4n) is 1.92. The summed E-state index contributed by atoms with van der Waals surface area (Å²) in [6.45, 7) is 1.41. The molecule has 0 unspecified atom stereocenters. The summed E-state index contributed by atoms with van der Waals surface area (Å²) in [7, 11) is -2.56. The number of nitrogens with one attached hydrogen (secondary N) is 1. The van der Waals surface area contributed by atoms with Crippen molar-refractivity contribution < 1.29 is 22.7 Å². The number of carbonyl (C=O) groups excluding carboxylic acids is 1. The Balaban J connectivity index is 2.20. The molecule has 1 N–H and O–H groups in total. The second kappa shape index (κ2) is 7.95. The number of aryl methyl sites for hydroxylation is 1. The highest BCUT2D eigenvalue weighted by atomic mass is 35.5. The minimum Gasteiger partial charge on any atom is -0.482 e. The van der Waals surface area contributed by atoms with Crippen molar-refractivity contribution in [2.75, 3.05) is 18.4 Å². The van der Waals surface area contributed by atoms with E-state index >= 15 is 0 Å². The van der Waals surface area contributed by atoms with Crippen molar-refractivity contribution in [2.24, 2.45) is 0 Å². The van der Waals surface area contributed by atoms with Gasteiger partial charge in [0.1, 0.15) is 5.75 Å². The third kappa shape index (κ3) is 5.01. The van der Waals surface area contributed by atoms with E-state index in [0.29, 0.717) is 16.3 Å². The van der Waals surface area contributed by atoms with E-state index in [1.165, 1.54) is 43.5 Å². The normalized spacial score (nSPS) is 11.0. The zero-order valence-electron chi connectivity index (χ0n) is 13.4. The van der Waals surface area contributed by atoms with Gasteiger partial charge in [-0.05, 0) is 48.9 Å². The average Bonchev–Trinajstić information content (AvgIpc) is 2.56. The van der Waals surface area contributed by atoms with E-state index in [0.717, 1.165) is 0 Å². The van der Waals surface area contributed by atoms with Crippen LogP contribution in [-0.2, 0) is 19.6 Å². The Morgan fingerprint density at radius 2 is 1.84 bits per heavy atom. The van der Waals surface area contributed by atoms with Crippen LogP contribution in [-0.4, -0.2) is 28.1 Å². The minimum atomic E-state index is -3.82. The molecule has 9 heteroatoms. The molecule has 2 aromatic rings. The summed E-state index contributed by atoms with van der Waals surface area (Å²) in [6.07, 6.45) is 0. The van der Waals surface area contributed by atoms with Gasteiger partial charge in [0.05, 0.1) is 27.7 Å². The lowest BCUT2D eigenvalue weighted by atomic mass is 10.2. The first-order valence-corrected chi connectivity index (χ1v) is 9.25. The van der Waals surface area contributed by atoms with Gasteiger partial charge in [-0.3, -0.25) is 4.72 Å². The molecule has 0 aliphatic carbocycles. The van der Waals surface area contributed by atoms with Crippen molar-refractivity contribution in [3.63, 3.8) is 0 Å². The Labute approximate surface area is 155 Å². The molecule has 0 heterocycles. The Kier molecular flexibility index (Phi) is 6.16. The molecule has 0 aliphatic rings. The number of methoxy groups -OCH3 is 1. The van der Waals surface area contributed by atoms with Gasteiger partial charge in [-0.2, -0.15) is 0 Å². The second-order valence-electron chi connectivity index (χ2n) is 5.03. The molecule has 0 radical (unpaired) electrons. The van der Waals surface area contributed by atoms with Crippen LogP contribution in [0.3, 0.4) is 0 Å². The van der Waals surface area contributed by atoms with E-state index in [2.05, 4.69) is 9.46 Å². The predicted molar refractivity (Wildman–Crippen MR) is 96.0 cm³/mol. The summed E-state index contributed by atoms with van der Waals surface area (Å²) in [5, 5.41) is 0.567. The van der Waals surface area contributed by atoms with E-state index in [4.69, 9.17) is 27.9 Å². The lowest BCUT2D eigenvalue weighted by Crippen LogP contribution is -2.15. The molecule has 6 nitrogen and oxygen atoms in total. The number of sulfonamides is 1. The third-order valence-corrected chi connectivity index (χ3v) is 5.32. The van der Waals surface area contributed by atoms with Crippen LogP contribution in [0.4, 0.5) is 5.69 Å². The van der Waals surface area contributed by atoms with Crippen molar-refractivity contribution in [2.45, 2.75) is 11.8 Å². The van der Waals surface area contributed by atoms with Crippen molar-refractivity contribution in [1.29, 1.82) is 0 Å². The Bertz CT molecular complexity index is 899. The van der Waals surface area contributed by atoms with Crippen LogP contribution in [0.2, 0.25) is 10.0 Å². The van der Waals surface area contributed by atoms with Gasteiger partial charge in [-0.1, -0.05) is 23.2 Å². The van der Waals surface area contributed by atoms with Crippen LogP contribution >= 0.6 is 23.2 Å². The molecular formula is C16H15Cl2NO5S. The first-order chi connectivity index (χ1) is 11.7. The summed E-state index contributed by atoms with van der Waals surface area (Å²) in [4.78, 5) is 11.1. The zero-order valence-corrected chi connectivity index (χ0v) is 15.7. The maximum Gasteiger partial charge on any atom is 0.343 e. The number of hydrogen-bond donors (Lipinski definition) is 1. The maximum atomic E-state index is 12.5. The van der Waals surface area contributed by atoms with Crippen LogP contribution in [0, 0.1) is 6.92 Å². The quantitative estimate of drug-likeness (QED) is 0.744. The Hall–Kier alpha value is -1.96. The van der Waals surface area contributed by atoms with E-state index in [1.807, 2.05) is 0 Å². The number of carbonyl (C=O) groups is 1. The molecule has 2 rings (SSSR count). The van der Waals surface area contributed by atoms with Gasteiger partial charge in [0.25, 0.3) is 10.0 Å². The highest BCUT2D eigenvalue weighted by molar-refractivity contribution is 7.92. The standard InChI is InChI=1S/C16H15Cl2NO5S/c1-10-7-12(4-6-15(10)24-9-16(20)23-2)25(21,22)19-11-3-5-13(17)14(18)8-11/h3-8,19H,9H2,1-2H3. The van der Waals surface area contributed by atoms with E-state index in [1.54, 1.807) is 6.92 Å². The molecule has 0 fully saturated rings. The van der Waals surface area contributed by atoms with Crippen LogP contribution in [0.5, 0.6) is 5.75 Å². The highest BCUT2D eigenvalue weighted by Gasteiger charge is 2.16. The van der Waals surface area contributed by atoms with Crippen molar-refractivity contribution in [1.82, 2.24) is 0 Å².